The maximum atomic E-state index is 13.5. The first kappa shape index (κ1) is 20.3. The maximum absolute atomic E-state index is 13.5. The lowest BCUT2D eigenvalue weighted by Crippen LogP contribution is -2.36. The third-order valence-electron chi connectivity index (χ3n) is 5.76. The summed E-state index contributed by atoms with van der Waals surface area (Å²) in [5.74, 6) is 1.09. The van der Waals surface area contributed by atoms with Crippen LogP contribution < -0.4 is 15.4 Å². The number of nitrogen functional groups attached to an aromatic ring is 1. The molecule has 32 heavy (non-hydrogen) atoms. The van der Waals surface area contributed by atoms with E-state index in [9.17, 15) is 13.2 Å². The van der Waals surface area contributed by atoms with Crippen LogP contribution in [0, 0.1) is 0 Å². The van der Waals surface area contributed by atoms with Crippen LogP contribution in [0.5, 0.6) is 5.75 Å². The molecule has 0 unspecified atom stereocenters. The van der Waals surface area contributed by atoms with Gasteiger partial charge in [-0.3, -0.25) is 4.98 Å². The molecule has 1 atom stereocenters. The number of methoxy groups -OCH3 is 1. The minimum absolute atomic E-state index is 0.0739. The van der Waals surface area contributed by atoms with Crippen molar-refractivity contribution in [1.82, 2.24) is 24.6 Å². The third-order valence-corrected chi connectivity index (χ3v) is 5.76. The molecule has 4 heterocycles. The van der Waals surface area contributed by atoms with E-state index in [2.05, 4.69) is 15.1 Å². The normalized spacial score (nSPS) is 17.2. The number of nitrogens with two attached hydrogens (primary N) is 1. The molecule has 0 spiro atoms. The van der Waals surface area contributed by atoms with Crippen LogP contribution in [0.3, 0.4) is 0 Å². The Bertz CT molecular complexity index is 1300. The van der Waals surface area contributed by atoms with Crippen molar-refractivity contribution < 1.29 is 17.9 Å². The molecule has 0 saturated carbocycles. The fraction of sp³-hybridized carbons (Fsp3) is 0.333. The van der Waals surface area contributed by atoms with Gasteiger partial charge in [-0.15, -0.1) is 5.10 Å². The lowest BCUT2D eigenvalue weighted by molar-refractivity contribution is -0.137. The van der Waals surface area contributed by atoms with Gasteiger partial charge in [-0.05, 0) is 31.0 Å². The summed E-state index contributed by atoms with van der Waals surface area (Å²) < 4.78 is 47.4. The molecular formula is C21H20F3N7O. The molecule has 1 aliphatic heterocycles. The zero-order valence-corrected chi connectivity index (χ0v) is 17.2. The summed E-state index contributed by atoms with van der Waals surface area (Å²) >= 11 is 0. The standard InChI is InChI=1S/C21H20F3N7O/c1-32-16-6-2-5-13-17(16)27-20(25)31-19(13)28-18(29-31)12-4-3-9-30(11-12)15-10-26-8-7-14(15)21(22,23)24/h2,5-8,10,12H,3-4,9,11H2,1H3,(H2,25,27)/t12-/m1/s1. The van der Waals surface area contributed by atoms with Crippen LogP contribution in [0.2, 0.25) is 0 Å². The van der Waals surface area contributed by atoms with Gasteiger partial charge in [0.2, 0.25) is 5.95 Å². The predicted octanol–water partition coefficient (Wildman–Crippen LogP) is 3.67. The molecule has 1 fully saturated rings. The highest BCUT2D eigenvalue weighted by atomic mass is 19.4. The number of rotatable bonds is 3. The molecule has 11 heteroatoms. The highest BCUT2D eigenvalue weighted by molar-refractivity contribution is 5.95. The largest absolute Gasteiger partial charge is 0.494 e. The summed E-state index contributed by atoms with van der Waals surface area (Å²) in [7, 11) is 1.55. The summed E-state index contributed by atoms with van der Waals surface area (Å²) in [4.78, 5) is 14.7. The van der Waals surface area contributed by atoms with Gasteiger partial charge >= 0.3 is 6.18 Å². The van der Waals surface area contributed by atoms with Crippen LogP contribution in [0.15, 0.2) is 36.7 Å². The van der Waals surface area contributed by atoms with Crippen LogP contribution in [0.4, 0.5) is 24.8 Å². The first-order chi connectivity index (χ1) is 15.4. The van der Waals surface area contributed by atoms with Gasteiger partial charge in [0.1, 0.15) is 11.3 Å². The Morgan fingerprint density at radius 1 is 1.19 bits per heavy atom. The molecule has 0 radical (unpaired) electrons. The average Bonchev–Trinajstić information content (AvgIpc) is 3.25. The maximum Gasteiger partial charge on any atom is 0.418 e. The molecule has 1 saturated heterocycles. The van der Waals surface area contributed by atoms with Crippen LogP contribution in [-0.2, 0) is 6.18 Å². The van der Waals surface area contributed by atoms with Crippen LogP contribution in [0.25, 0.3) is 16.6 Å². The number of anilines is 2. The molecule has 5 rings (SSSR count). The number of hydrogen-bond donors (Lipinski definition) is 1. The van der Waals surface area contributed by atoms with Gasteiger partial charge in [-0.1, -0.05) is 6.07 Å². The average molecular weight is 443 g/mol. The summed E-state index contributed by atoms with van der Waals surface area (Å²) in [5, 5.41) is 5.29. The number of benzene rings is 1. The first-order valence-corrected chi connectivity index (χ1v) is 10.1. The van der Waals surface area contributed by atoms with Crippen molar-refractivity contribution >= 4 is 28.2 Å². The molecule has 3 aromatic heterocycles. The van der Waals surface area contributed by atoms with E-state index in [1.807, 2.05) is 12.1 Å². The van der Waals surface area contributed by atoms with Crippen molar-refractivity contribution in [2.45, 2.75) is 24.9 Å². The quantitative estimate of drug-likeness (QED) is 0.516. The molecule has 0 amide bonds. The molecule has 2 N–H and O–H groups in total. The van der Waals surface area contributed by atoms with Crippen molar-refractivity contribution in [2.24, 2.45) is 0 Å². The second kappa shape index (κ2) is 7.50. The minimum atomic E-state index is -4.45. The Morgan fingerprint density at radius 2 is 2.03 bits per heavy atom. The second-order valence-corrected chi connectivity index (χ2v) is 7.71. The monoisotopic (exact) mass is 443 g/mol. The second-order valence-electron chi connectivity index (χ2n) is 7.71. The van der Waals surface area contributed by atoms with Crippen molar-refractivity contribution in [2.75, 3.05) is 30.8 Å². The summed E-state index contributed by atoms with van der Waals surface area (Å²) in [6, 6.07) is 6.48. The van der Waals surface area contributed by atoms with Gasteiger partial charge < -0.3 is 15.4 Å². The Labute approximate surface area is 180 Å². The van der Waals surface area contributed by atoms with Crippen molar-refractivity contribution in [3.63, 3.8) is 0 Å². The molecule has 0 aliphatic carbocycles. The Hall–Kier alpha value is -3.63. The fourth-order valence-electron chi connectivity index (χ4n) is 4.26. The van der Waals surface area contributed by atoms with Gasteiger partial charge in [0, 0.05) is 30.6 Å². The number of nitrogens with zero attached hydrogens (tertiary/aromatic N) is 6. The lowest BCUT2D eigenvalue weighted by Gasteiger charge is -2.34. The number of para-hydroxylation sites is 1. The summed E-state index contributed by atoms with van der Waals surface area (Å²) in [6.45, 7) is 0.850. The molecule has 0 bridgehead atoms. The highest BCUT2D eigenvalue weighted by Crippen LogP contribution is 2.38. The number of aromatic nitrogens is 5. The lowest BCUT2D eigenvalue weighted by atomic mass is 9.96. The Morgan fingerprint density at radius 3 is 2.81 bits per heavy atom. The van der Waals surface area contributed by atoms with E-state index in [0.29, 0.717) is 42.2 Å². The number of pyridine rings is 1. The van der Waals surface area contributed by atoms with Crippen LogP contribution >= 0.6 is 0 Å². The van der Waals surface area contributed by atoms with Crippen molar-refractivity contribution in [3.8, 4) is 5.75 Å². The van der Waals surface area contributed by atoms with Gasteiger partial charge in [-0.2, -0.15) is 17.7 Å². The summed E-state index contributed by atoms with van der Waals surface area (Å²) in [6.07, 6.45) is -0.570. The van der Waals surface area contributed by atoms with Gasteiger partial charge in [0.25, 0.3) is 0 Å². The molecule has 1 aliphatic rings. The van der Waals surface area contributed by atoms with E-state index in [1.54, 1.807) is 18.1 Å². The van der Waals surface area contributed by atoms with Gasteiger partial charge in [-0.25, -0.2) is 9.97 Å². The number of fused-ring (bicyclic) bond motifs is 3. The van der Waals surface area contributed by atoms with Crippen molar-refractivity contribution in [3.05, 3.63) is 48.0 Å². The minimum Gasteiger partial charge on any atom is -0.494 e. The molecular weight excluding hydrogens is 423 g/mol. The number of hydrogen-bond acceptors (Lipinski definition) is 7. The first-order valence-electron chi connectivity index (χ1n) is 10.1. The van der Waals surface area contributed by atoms with E-state index in [-0.39, 0.29) is 17.6 Å². The van der Waals surface area contributed by atoms with Crippen molar-refractivity contribution in [1.29, 1.82) is 0 Å². The topological polar surface area (TPSA) is 94.5 Å². The van der Waals surface area contributed by atoms with E-state index in [1.165, 1.54) is 10.7 Å². The zero-order valence-electron chi connectivity index (χ0n) is 17.2. The summed E-state index contributed by atoms with van der Waals surface area (Å²) in [5.41, 5.74) is 6.62. The molecule has 166 valence electrons. The van der Waals surface area contributed by atoms with E-state index < -0.39 is 11.7 Å². The fourth-order valence-corrected chi connectivity index (χ4v) is 4.26. The smallest absolute Gasteiger partial charge is 0.418 e. The predicted molar refractivity (Wildman–Crippen MR) is 113 cm³/mol. The Balaban J connectivity index is 1.54. The molecule has 1 aromatic carbocycles. The zero-order chi connectivity index (χ0) is 22.5. The molecule has 8 nitrogen and oxygen atoms in total. The van der Waals surface area contributed by atoms with E-state index in [0.717, 1.165) is 24.1 Å². The Kier molecular flexibility index (Phi) is 4.75. The third kappa shape index (κ3) is 3.33. The number of alkyl halides is 3. The van der Waals surface area contributed by atoms with Crippen LogP contribution in [0.1, 0.15) is 30.1 Å². The number of ether oxygens (including phenoxy) is 1. The van der Waals surface area contributed by atoms with E-state index in [4.69, 9.17) is 15.5 Å². The van der Waals surface area contributed by atoms with Crippen LogP contribution in [-0.4, -0.2) is 44.8 Å². The van der Waals surface area contributed by atoms with Gasteiger partial charge in [0.15, 0.2) is 11.5 Å². The van der Waals surface area contributed by atoms with E-state index >= 15 is 0 Å². The molecule has 4 aromatic rings. The highest BCUT2D eigenvalue weighted by Gasteiger charge is 2.36. The SMILES string of the molecule is COc1cccc2c1nc(N)n1nc([C@@H]3CCCN(c4cnccc4C(F)(F)F)C3)nc21. The number of halogens is 3. The van der Waals surface area contributed by atoms with Gasteiger partial charge in [0.05, 0.1) is 24.6 Å². The number of piperidine rings is 1.